The van der Waals surface area contributed by atoms with Crippen molar-refractivity contribution in [2.45, 2.75) is 6.54 Å². The quantitative estimate of drug-likeness (QED) is 0.735. The van der Waals surface area contributed by atoms with Gasteiger partial charge in [-0.2, -0.15) is 0 Å². The normalized spacial score (nSPS) is 11.0. The number of rotatable bonds is 4. The number of aromatic amines is 1. The first-order valence-electron chi connectivity index (χ1n) is 6.68. The Kier molecular flexibility index (Phi) is 3.68. The van der Waals surface area contributed by atoms with Gasteiger partial charge in [-0.1, -0.05) is 0 Å². The minimum atomic E-state index is -0.469. The molecule has 1 amide bonds. The van der Waals surface area contributed by atoms with E-state index in [0.717, 1.165) is 4.57 Å². The lowest BCUT2D eigenvalue weighted by Crippen LogP contribution is -2.38. The molecule has 3 aromatic heterocycles. The van der Waals surface area contributed by atoms with Gasteiger partial charge in [-0.25, -0.2) is 4.79 Å². The Balaban J connectivity index is 1.75. The third kappa shape index (κ3) is 2.48. The minimum absolute atomic E-state index is 0.123. The van der Waals surface area contributed by atoms with Crippen LogP contribution in [0.5, 0.6) is 0 Å². The standard InChI is InChI=1S/C14H14N4O3S/c1-17-6-2-3-10(17)12(19)15-5-7-18-13(20)11-9(4-8-22-11)16-14(18)21/h2-4,6,8H,5,7H2,1H3,(H,15,19)(H,16,21). The molecule has 0 aliphatic heterocycles. The monoisotopic (exact) mass is 318 g/mol. The zero-order chi connectivity index (χ0) is 15.7. The summed E-state index contributed by atoms with van der Waals surface area (Å²) in [6.07, 6.45) is 1.77. The Morgan fingerprint density at radius 3 is 2.91 bits per heavy atom. The van der Waals surface area contributed by atoms with Crippen LogP contribution in [0.4, 0.5) is 0 Å². The lowest BCUT2D eigenvalue weighted by molar-refractivity contribution is 0.0944. The molecule has 0 aliphatic carbocycles. The molecule has 0 fully saturated rings. The van der Waals surface area contributed by atoms with E-state index in [1.54, 1.807) is 41.4 Å². The SMILES string of the molecule is Cn1cccc1C(=O)NCCn1c(=O)[nH]c2ccsc2c1=O. The fourth-order valence-electron chi connectivity index (χ4n) is 2.24. The van der Waals surface area contributed by atoms with Crippen molar-refractivity contribution in [2.24, 2.45) is 7.05 Å². The number of amides is 1. The van der Waals surface area contributed by atoms with Crippen LogP contribution in [0.1, 0.15) is 10.5 Å². The molecule has 0 aromatic carbocycles. The summed E-state index contributed by atoms with van der Waals surface area (Å²) in [5.41, 5.74) is 0.268. The number of thiophene rings is 1. The van der Waals surface area contributed by atoms with Crippen molar-refractivity contribution >= 4 is 27.5 Å². The molecule has 0 saturated heterocycles. The summed E-state index contributed by atoms with van der Waals surface area (Å²) in [7, 11) is 1.77. The minimum Gasteiger partial charge on any atom is -0.349 e. The zero-order valence-corrected chi connectivity index (χ0v) is 12.6. The van der Waals surface area contributed by atoms with E-state index in [-0.39, 0.29) is 24.6 Å². The van der Waals surface area contributed by atoms with Gasteiger partial charge < -0.3 is 14.9 Å². The van der Waals surface area contributed by atoms with Crippen LogP contribution in [0, 0.1) is 0 Å². The van der Waals surface area contributed by atoms with Gasteiger partial charge in [0, 0.05) is 26.3 Å². The molecule has 3 heterocycles. The van der Waals surface area contributed by atoms with Crippen molar-refractivity contribution in [1.82, 2.24) is 19.4 Å². The average Bonchev–Trinajstić information content (AvgIpc) is 3.10. The van der Waals surface area contributed by atoms with Crippen molar-refractivity contribution in [3.8, 4) is 0 Å². The maximum Gasteiger partial charge on any atom is 0.328 e. The lowest BCUT2D eigenvalue weighted by Gasteiger charge is -2.07. The number of hydrogen-bond acceptors (Lipinski definition) is 4. The smallest absolute Gasteiger partial charge is 0.328 e. The van der Waals surface area contributed by atoms with Gasteiger partial charge in [0.2, 0.25) is 0 Å². The van der Waals surface area contributed by atoms with E-state index in [0.29, 0.717) is 15.9 Å². The maximum absolute atomic E-state index is 12.2. The fourth-order valence-corrected chi connectivity index (χ4v) is 3.04. The molecule has 2 N–H and O–H groups in total. The molecule has 3 aromatic rings. The third-order valence-corrected chi connectivity index (χ3v) is 4.29. The molecule has 114 valence electrons. The maximum atomic E-state index is 12.2. The van der Waals surface area contributed by atoms with Crippen LogP contribution in [0.2, 0.25) is 0 Å². The fraction of sp³-hybridized carbons (Fsp3) is 0.214. The van der Waals surface area contributed by atoms with Crippen molar-refractivity contribution in [2.75, 3.05) is 6.54 Å². The highest BCUT2D eigenvalue weighted by molar-refractivity contribution is 7.17. The second-order valence-corrected chi connectivity index (χ2v) is 5.73. The molecule has 0 unspecified atom stereocenters. The number of aryl methyl sites for hydroxylation is 1. The summed E-state index contributed by atoms with van der Waals surface area (Å²) in [6, 6.07) is 5.17. The summed E-state index contributed by atoms with van der Waals surface area (Å²) in [5.74, 6) is -0.242. The highest BCUT2D eigenvalue weighted by Gasteiger charge is 2.10. The van der Waals surface area contributed by atoms with Crippen LogP contribution >= 0.6 is 11.3 Å². The second-order valence-electron chi connectivity index (χ2n) is 4.81. The molecule has 0 saturated carbocycles. The molecule has 22 heavy (non-hydrogen) atoms. The third-order valence-electron chi connectivity index (χ3n) is 3.39. The highest BCUT2D eigenvalue weighted by atomic mass is 32.1. The molecule has 3 rings (SSSR count). The second kappa shape index (κ2) is 5.64. The van der Waals surface area contributed by atoms with Crippen LogP contribution in [0.15, 0.2) is 39.4 Å². The molecular weight excluding hydrogens is 304 g/mol. The molecular formula is C14H14N4O3S. The molecule has 8 heteroatoms. The van der Waals surface area contributed by atoms with E-state index >= 15 is 0 Å². The Morgan fingerprint density at radius 1 is 1.36 bits per heavy atom. The van der Waals surface area contributed by atoms with E-state index in [1.807, 2.05) is 0 Å². The topological polar surface area (TPSA) is 88.9 Å². The number of carbonyl (C=O) groups is 1. The van der Waals surface area contributed by atoms with E-state index in [2.05, 4.69) is 10.3 Å². The van der Waals surface area contributed by atoms with Gasteiger partial charge in [0.25, 0.3) is 11.5 Å². The number of nitrogens with zero attached hydrogens (tertiary/aromatic N) is 2. The summed E-state index contributed by atoms with van der Waals surface area (Å²) < 4.78 is 3.31. The predicted octanol–water partition coefficient (Wildman–Crippen LogP) is 0.520. The lowest BCUT2D eigenvalue weighted by atomic mass is 10.4. The number of fused-ring (bicyclic) bond motifs is 1. The first-order valence-corrected chi connectivity index (χ1v) is 7.56. The molecule has 0 atom stereocenters. The number of nitrogens with one attached hydrogen (secondary N) is 2. The van der Waals surface area contributed by atoms with Gasteiger partial charge >= 0.3 is 5.69 Å². The van der Waals surface area contributed by atoms with Gasteiger partial charge in [0.15, 0.2) is 0 Å². The number of H-pyrrole nitrogens is 1. The number of hydrogen-bond donors (Lipinski definition) is 2. The van der Waals surface area contributed by atoms with Crippen molar-refractivity contribution in [3.05, 3.63) is 56.3 Å². The van der Waals surface area contributed by atoms with Crippen LogP contribution in [-0.4, -0.2) is 26.6 Å². The summed E-state index contributed by atoms with van der Waals surface area (Å²) in [6.45, 7) is 0.321. The largest absolute Gasteiger partial charge is 0.349 e. The predicted molar refractivity (Wildman–Crippen MR) is 84.5 cm³/mol. The van der Waals surface area contributed by atoms with Gasteiger partial charge in [0.05, 0.1) is 5.52 Å². The summed E-state index contributed by atoms with van der Waals surface area (Å²) in [4.78, 5) is 38.7. The molecule has 7 nitrogen and oxygen atoms in total. The van der Waals surface area contributed by atoms with Crippen molar-refractivity contribution < 1.29 is 4.79 Å². The van der Waals surface area contributed by atoms with Gasteiger partial charge in [-0.15, -0.1) is 11.3 Å². The molecule has 0 aliphatic rings. The average molecular weight is 318 g/mol. The van der Waals surface area contributed by atoms with Crippen LogP contribution < -0.4 is 16.6 Å². The van der Waals surface area contributed by atoms with E-state index in [1.165, 1.54) is 11.3 Å². The van der Waals surface area contributed by atoms with Crippen LogP contribution in [0.3, 0.4) is 0 Å². The van der Waals surface area contributed by atoms with Crippen LogP contribution in [-0.2, 0) is 13.6 Å². The highest BCUT2D eigenvalue weighted by Crippen LogP contribution is 2.11. The van der Waals surface area contributed by atoms with Crippen molar-refractivity contribution in [1.29, 1.82) is 0 Å². The van der Waals surface area contributed by atoms with E-state index in [4.69, 9.17) is 0 Å². The Hall–Kier alpha value is -2.61. The molecule has 0 radical (unpaired) electrons. The van der Waals surface area contributed by atoms with Gasteiger partial charge in [0.1, 0.15) is 10.4 Å². The summed E-state index contributed by atoms with van der Waals surface area (Å²) >= 11 is 1.28. The number of aromatic nitrogens is 3. The van der Waals surface area contributed by atoms with Gasteiger partial charge in [-0.3, -0.25) is 14.2 Å². The van der Waals surface area contributed by atoms with Gasteiger partial charge in [-0.05, 0) is 23.6 Å². The first kappa shape index (κ1) is 14.3. The molecule has 0 bridgehead atoms. The first-order chi connectivity index (χ1) is 10.6. The van der Waals surface area contributed by atoms with E-state index < -0.39 is 5.69 Å². The van der Waals surface area contributed by atoms with E-state index in [9.17, 15) is 14.4 Å². The van der Waals surface area contributed by atoms with Crippen LogP contribution in [0.25, 0.3) is 10.2 Å². The zero-order valence-electron chi connectivity index (χ0n) is 11.8. The number of carbonyl (C=O) groups excluding carboxylic acids is 1. The Labute approximate surface area is 128 Å². The molecule has 0 spiro atoms. The Morgan fingerprint density at radius 2 is 2.18 bits per heavy atom. The van der Waals surface area contributed by atoms with Crippen molar-refractivity contribution in [3.63, 3.8) is 0 Å². The summed E-state index contributed by atoms with van der Waals surface area (Å²) in [5, 5.41) is 4.46. The Bertz CT molecular complexity index is 947.